The molecule has 0 amide bonds. The van der Waals surface area contributed by atoms with Gasteiger partial charge in [0.15, 0.2) is 6.04 Å². The Morgan fingerprint density at radius 1 is 1.64 bits per heavy atom. The van der Waals surface area contributed by atoms with Crippen LogP contribution in [0.15, 0.2) is 18.2 Å². The van der Waals surface area contributed by atoms with Crippen LogP contribution in [-0.2, 0) is 0 Å². The molecule has 1 aliphatic heterocycles. The Balaban J connectivity index is 2.42. The highest BCUT2D eigenvalue weighted by Crippen LogP contribution is 2.32. The molecule has 1 atom stereocenters. The van der Waals surface area contributed by atoms with Crippen LogP contribution < -0.4 is 9.64 Å². The molecule has 1 aliphatic rings. The standard InChI is InChI=1S/C10H9FN2O/c1-13-8(5-12)6-14-10-4-7(11)2-3-9(10)13/h2-4,8H,6H2,1H3. The molecule has 0 spiro atoms. The Morgan fingerprint density at radius 3 is 3.14 bits per heavy atom. The maximum Gasteiger partial charge on any atom is 0.151 e. The van der Waals surface area contributed by atoms with Crippen molar-refractivity contribution < 1.29 is 9.13 Å². The molecular weight excluding hydrogens is 183 g/mol. The maximum absolute atomic E-state index is 12.8. The van der Waals surface area contributed by atoms with Crippen LogP contribution in [0, 0.1) is 17.1 Å². The molecule has 1 unspecified atom stereocenters. The van der Waals surface area contributed by atoms with Gasteiger partial charge in [0.05, 0.1) is 11.8 Å². The Kier molecular flexibility index (Phi) is 2.01. The molecule has 0 fully saturated rings. The van der Waals surface area contributed by atoms with E-state index in [0.29, 0.717) is 5.75 Å². The van der Waals surface area contributed by atoms with Crippen LogP contribution >= 0.6 is 0 Å². The quantitative estimate of drug-likeness (QED) is 0.625. The zero-order chi connectivity index (χ0) is 10.1. The zero-order valence-corrected chi connectivity index (χ0v) is 7.70. The van der Waals surface area contributed by atoms with Crippen molar-refractivity contribution in [1.29, 1.82) is 5.26 Å². The molecule has 3 nitrogen and oxygen atoms in total. The van der Waals surface area contributed by atoms with Gasteiger partial charge in [-0.2, -0.15) is 5.26 Å². The highest BCUT2D eigenvalue weighted by atomic mass is 19.1. The molecule has 0 saturated heterocycles. The van der Waals surface area contributed by atoms with E-state index in [1.54, 1.807) is 18.0 Å². The second kappa shape index (κ2) is 3.18. The fourth-order valence-corrected chi connectivity index (χ4v) is 1.47. The summed E-state index contributed by atoms with van der Waals surface area (Å²) in [6.07, 6.45) is 0. The van der Waals surface area contributed by atoms with Gasteiger partial charge in [0.2, 0.25) is 0 Å². The number of halogens is 1. The molecule has 0 N–H and O–H groups in total. The van der Waals surface area contributed by atoms with E-state index in [0.717, 1.165) is 5.69 Å². The smallest absolute Gasteiger partial charge is 0.151 e. The van der Waals surface area contributed by atoms with E-state index in [1.807, 2.05) is 0 Å². The van der Waals surface area contributed by atoms with Crippen LogP contribution in [-0.4, -0.2) is 19.7 Å². The topological polar surface area (TPSA) is 36.3 Å². The number of ether oxygens (including phenoxy) is 1. The Labute approximate surface area is 81.3 Å². The molecule has 2 rings (SSSR count). The molecule has 1 heterocycles. The number of rotatable bonds is 0. The van der Waals surface area contributed by atoms with E-state index in [-0.39, 0.29) is 18.5 Å². The van der Waals surface area contributed by atoms with Crippen LogP contribution in [0.3, 0.4) is 0 Å². The molecule has 4 heteroatoms. The summed E-state index contributed by atoms with van der Waals surface area (Å²) in [6, 6.07) is 6.13. The van der Waals surface area contributed by atoms with Crippen molar-refractivity contribution in [1.82, 2.24) is 0 Å². The Morgan fingerprint density at radius 2 is 2.43 bits per heavy atom. The minimum Gasteiger partial charge on any atom is -0.488 e. The SMILES string of the molecule is CN1c2ccc(F)cc2OCC1C#N. The summed E-state index contributed by atoms with van der Waals surface area (Å²) in [5, 5.41) is 8.80. The van der Waals surface area contributed by atoms with Gasteiger partial charge in [-0.15, -0.1) is 0 Å². The number of hydrogen-bond donors (Lipinski definition) is 0. The van der Waals surface area contributed by atoms with E-state index >= 15 is 0 Å². The van der Waals surface area contributed by atoms with Gasteiger partial charge in [-0.1, -0.05) is 0 Å². The number of benzene rings is 1. The number of likely N-dealkylation sites (N-methyl/N-ethyl adjacent to an activating group) is 1. The van der Waals surface area contributed by atoms with E-state index < -0.39 is 0 Å². The van der Waals surface area contributed by atoms with E-state index in [2.05, 4.69) is 6.07 Å². The maximum atomic E-state index is 12.8. The molecule has 1 aromatic carbocycles. The highest BCUT2D eigenvalue weighted by molar-refractivity contribution is 5.61. The Bertz CT molecular complexity index is 400. The summed E-state index contributed by atoms with van der Waals surface area (Å²) in [7, 11) is 1.80. The fraction of sp³-hybridized carbons (Fsp3) is 0.300. The van der Waals surface area contributed by atoms with Crippen molar-refractivity contribution in [2.75, 3.05) is 18.6 Å². The van der Waals surface area contributed by atoms with Gasteiger partial charge in [-0.05, 0) is 12.1 Å². The summed E-state index contributed by atoms with van der Waals surface area (Å²) in [5.74, 6) is 0.173. The first-order chi connectivity index (χ1) is 6.72. The summed E-state index contributed by atoms with van der Waals surface area (Å²) >= 11 is 0. The van der Waals surface area contributed by atoms with Gasteiger partial charge in [0.25, 0.3) is 0 Å². The first kappa shape index (κ1) is 8.82. The number of nitrogens with zero attached hydrogens (tertiary/aromatic N) is 2. The second-order valence-corrected chi connectivity index (χ2v) is 3.18. The van der Waals surface area contributed by atoms with E-state index in [1.165, 1.54) is 12.1 Å². The van der Waals surface area contributed by atoms with Crippen LogP contribution in [0.25, 0.3) is 0 Å². The lowest BCUT2D eigenvalue weighted by Crippen LogP contribution is -2.39. The van der Waals surface area contributed by atoms with Crippen molar-refractivity contribution in [3.63, 3.8) is 0 Å². The van der Waals surface area contributed by atoms with Crippen LogP contribution in [0.1, 0.15) is 0 Å². The number of nitriles is 1. The lowest BCUT2D eigenvalue weighted by Gasteiger charge is -2.31. The molecule has 1 aromatic rings. The van der Waals surface area contributed by atoms with Gasteiger partial charge in [-0.3, -0.25) is 0 Å². The normalized spacial score (nSPS) is 19.5. The third kappa shape index (κ3) is 1.27. The van der Waals surface area contributed by atoms with E-state index in [4.69, 9.17) is 10.00 Å². The van der Waals surface area contributed by atoms with Crippen molar-refractivity contribution in [2.24, 2.45) is 0 Å². The molecule has 0 aliphatic carbocycles. The fourth-order valence-electron chi connectivity index (χ4n) is 1.47. The summed E-state index contributed by atoms with van der Waals surface area (Å²) in [5.41, 5.74) is 0.754. The molecular formula is C10H9FN2O. The predicted octanol–water partition coefficient (Wildman–Crippen LogP) is 1.55. The monoisotopic (exact) mass is 192 g/mol. The molecule has 0 bridgehead atoms. The molecule has 0 aromatic heterocycles. The first-order valence-corrected chi connectivity index (χ1v) is 4.27. The van der Waals surface area contributed by atoms with Crippen molar-refractivity contribution in [3.8, 4) is 11.8 Å². The van der Waals surface area contributed by atoms with Gasteiger partial charge in [-0.25, -0.2) is 4.39 Å². The average molecular weight is 192 g/mol. The molecule has 72 valence electrons. The van der Waals surface area contributed by atoms with Crippen LogP contribution in [0.4, 0.5) is 10.1 Å². The minimum atomic E-state index is -0.326. The Hall–Kier alpha value is -1.76. The largest absolute Gasteiger partial charge is 0.488 e. The molecule has 14 heavy (non-hydrogen) atoms. The summed E-state index contributed by atoms with van der Waals surface area (Å²) in [6.45, 7) is 0.281. The van der Waals surface area contributed by atoms with Gasteiger partial charge in [0.1, 0.15) is 18.2 Å². The third-order valence-electron chi connectivity index (χ3n) is 2.32. The summed E-state index contributed by atoms with van der Waals surface area (Å²) < 4.78 is 18.1. The first-order valence-electron chi connectivity index (χ1n) is 4.27. The zero-order valence-electron chi connectivity index (χ0n) is 7.70. The lowest BCUT2D eigenvalue weighted by molar-refractivity contribution is 0.287. The van der Waals surface area contributed by atoms with Gasteiger partial charge < -0.3 is 9.64 Å². The molecule has 0 saturated carbocycles. The summed E-state index contributed by atoms with van der Waals surface area (Å²) in [4.78, 5) is 1.79. The second-order valence-electron chi connectivity index (χ2n) is 3.18. The lowest BCUT2D eigenvalue weighted by atomic mass is 10.2. The van der Waals surface area contributed by atoms with Crippen molar-refractivity contribution in [3.05, 3.63) is 24.0 Å². The van der Waals surface area contributed by atoms with Gasteiger partial charge in [0, 0.05) is 13.1 Å². The van der Waals surface area contributed by atoms with Crippen molar-refractivity contribution in [2.45, 2.75) is 6.04 Å². The number of hydrogen-bond acceptors (Lipinski definition) is 3. The number of anilines is 1. The molecule has 0 radical (unpaired) electrons. The third-order valence-corrected chi connectivity index (χ3v) is 2.32. The highest BCUT2D eigenvalue weighted by Gasteiger charge is 2.24. The number of fused-ring (bicyclic) bond motifs is 1. The average Bonchev–Trinajstić information content (AvgIpc) is 2.18. The van der Waals surface area contributed by atoms with Crippen LogP contribution in [0.5, 0.6) is 5.75 Å². The minimum absolute atomic E-state index is 0.281. The van der Waals surface area contributed by atoms with Gasteiger partial charge >= 0.3 is 0 Å². The van der Waals surface area contributed by atoms with Crippen LogP contribution in [0.2, 0.25) is 0 Å². The van der Waals surface area contributed by atoms with Crippen molar-refractivity contribution >= 4 is 5.69 Å². The van der Waals surface area contributed by atoms with E-state index in [9.17, 15) is 4.39 Å². The predicted molar refractivity (Wildman–Crippen MR) is 49.7 cm³/mol.